The van der Waals surface area contributed by atoms with Crippen LogP contribution in [0.3, 0.4) is 0 Å². The number of amides is 2. The van der Waals surface area contributed by atoms with E-state index >= 15 is 0 Å². The molecule has 3 aromatic rings. The van der Waals surface area contributed by atoms with Gasteiger partial charge < -0.3 is 19.7 Å². The second-order valence-corrected chi connectivity index (χ2v) is 8.27. The second kappa shape index (κ2) is 8.76. The molecule has 0 saturated carbocycles. The molecule has 2 aromatic carbocycles. The summed E-state index contributed by atoms with van der Waals surface area (Å²) in [6, 6.07) is 13.1. The van der Waals surface area contributed by atoms with Crippen LogP contribution in [0.15, 0.2) is 52.7 Å². The molecule has 2 heterocycles. The summed E-state index contributed by atoms with van der Waals surface area (Å²) in [6.45, 7) is -0.0539. The maximum atomic E-state index is 12.6. The van der Waals surface area contributed by atoms with E-state index < -0.39 is 0 Å². The number of aromatic nitrogens is 1. The minimum atomic E-state index is -0.293. The number of fused-ring (bicyclic) bond motifs is 1. The topological polar surface area (TPSA) is 80.8 Å². The van der Waals surface area contributed by atoms with Crippen molar-refractivity contribution >= 4 is 45.7 Å². The number of ether oxygens (including phenoxy) is 2. The molecule has 0 fully saturated rings. The molecule has 0 aliphatic carbocycles. The molecule has 1 aliphatic rings. The number of methoxy groups -OCH3 is 2. The lowest BCUT2D eigenvalue weighted by atomic mass is 10.1. The first-order valence-electron chi connectivity index (χ1n) is 9.09. The van der Waals surface area contributed by atoms with Crippen LogP contribution in [0, 0.1) is 0 Å². The van der Waals surface area contributed by atoms with Crippen LogP contribution in [0.1, 0.15) is 0 Å². The Morgan fingerprint density at radius 3 is 2.77 bits per heavy atom. The van der Waals surface area contributed by atoms with Gasteiger partial charge in [0.15, 0.2) is 16.6 Å². The summed E-state index contributed by atoms with van der Waals surface area (Å²) < 4.78 is 10.6. The van der Waals surface area contributed by atoms with E-state index in [9.17, 15) is 9.59 Å². The molecular formula is C21H19N3O4S2. The Kier molecular flexibility index (Phi) is 5.91. The van der Waals surface area contributed by atoms with Crippen molar-refractivity contribution in [2.45, 2.75) is 4.90 Å². The van der Waals surface area contributed by atoms with E-state index in [1.54, 1.807) is 14.2 Å². The van der Waals surface area contributed by atoms with E-state index in [4.69, 9.17) is 9.47 Å². The molecular weight excluding hydrogens is 422 g/mol. The first-order chi connectivity index (χ1) is 14.6. The molecule has 154 valence electrons. The summed E-state index contributed by atoms with van der Waals surface area (Å²) >= 11 is 2.81. The fourth-order valence-electron chi connectivity index (χ4n) is 3.09. The predicted octanol–water partition coefficient (Wildman–Crippen LogP) is 3.90. The van der Waals surface area contributed by atoms with Crippen LogP contribution in [0.4, 0.5) is 10.8 Å². The second-order valence-electron chi connectivity index (χ2n) is 6.39. The van der Waals surface area contributed by atoms with Crippen LogP contribution in [-0.4, -0.2) is 43.3 Å². The average Bonchev–Trinajstić information content (AvgIpc) is 3.23. The van der Waals surface area contributed by atoms with Crippen LogP contribution in [0.25, 0.3) is 11.3 Å². The van der Waals surface area contributed by atoms with Gasteiger partial charge >= 0.3 is 0 Å². The van der Waals surface area contributed by atoms with Crippen molar-refractivity contribution < 1.29 is 19.1 Å². The van der Waals surface area contributed by atoms with E-state index in [1.165, 1.54) is 28.0 Å². The number of hydrogen-bond acceptors (Lipinski definition) is 7. The largest absolute Gasteiger partial charge is 0.493 e. The molecule has 30 heavy (non-hydrogen) atoms. The fraction of sp³-hybridized carbons (Fsp3) is 0.190. The summed E-state index contributed by atoms with van der Waals surface area (Å²) in [4.78, 5) is 31.9. The minimum absolute atomic E-state index is 0.0539. The SMILES string of the molecule is COc1ccc(-c2csc(NC(=O)CN3C(=O)CSc4ccccc43)n2)cc1OC. The highest BCUT2D eigenvalue weighted by molar-refractivity contribution is 8.00. The number of carbonyl (C=O) groups is 2. The Balaban J connectivity index is 1.47. The molecule has 0 spiro atoms. The van der Waals surface area contributed by atoms with Gasteiger partial charge in [-0.2, -0.15) is 0 Å². The van der Waals surface area contributed by atoms with Crippen LogP contribution in [-0.2, 0) is 9.59 Å². The number of rotatable bonds is 6. The fourth-order valence-corrected chi connectivity index (χ4v) is 4.76. The monoisotopic (exact) mass is 441 g/mol. The highest BCUT2D eigenvalue weighted by atomic mass is 32.2. The lowest BCUT2D eigenvalue weighted by molar-refractivity contribution is -0.120. The van der Waals surface area contributed by atoms with Gasteiger partial charge in [-0.25, -0.2) is 4.98 Å². The lowest BCUT2D eigenvalue weighted by Crippen LogP contribution is -2.41. The van der Waals surface area contributed by atoms with Gasteiger partial charge in [-0.1, -0.05) is 12.1 Å². The molecule has 2 amide bonds. The van der Waals surface area contributed by atoms with Gasteiger partial charge in [0.1, 0.15) is 6.54 Å². The Morgan fingerprint density at radius 2 is 1.97 bits per heavy atom. The Morgan fingerprint density at radius 1 is 1.17 bits per heavy atom. The third-order valence-corrected chi connectivity index (χ3v) is 6.35. The van der Waals surface area contributed by atoms with E-state index in [-0.39, 0.29) is 18.4 Å². The highest BCUT2D eigenvalue weighted by Crippen LogP contribution is 2.35. The summed E-state index contributed by atoms with van der Waals surface area (Å²) in [5, 5.41) is 5.12. The van der Waals surface area contributed by atoms with Crippen molar-refractivity contribution in [2.75, 3.05) is 36.7 Å². The van der Waals surface area contributed by atoms with Gasteiger partial charge in [0, 0.05) is 15.8 Å². The third kappa shape index (κ3) is 4.12. The average molecular weight is 442 g/mol. The lowest BCUT2D eigenvalue weighted by Gasteiger charge is -2.28. The van der Waals surface area contributed by atoms with E-state index in [2.05, 4.69) is 10.3 Å². The number of thioether (sulfide) groups is 1. The van der Waals surface area contributed by atoms with Gasteiger partial charge in [-0.3, -0.25) is 9.59 Å². The van der Waals surface area contributed by atoms with Crippen LogP contribution >= 0.6 is 23.1 Å². The maximum Gasteiger partial charge on any atom is 0.246 e. The number of hydrogen-bond donors (Lipinski definition) is 1. The molecule has 1 aliphatic heterocycles. The van der Waals surface area contributed by atoms with Crippen molar-refractivity contribution in [1.82, 2.24) is 4.98 Å². The van der Waals surface area contributed by atoms with Crippen molar-refractivity contribution in [3.05, 3.63) is 47.8 Å². The molecule has 4 rings (SSSR count). The van der Waals surface area contributed by atoms with Crippen molar-refractivity contribution in [1.29, 1.82) is 0 Å². The summed E-state index contributed by atoms with van der Waals surface area (Å²) in [7, 11) is 3.16. The highest BCUT2D eigenvalue weighted by Gasteiger charge is 2.26. The number of anilines is 2. The molecule has 1 N–H and O–H groups in total. The summed E-state index contributed by atoms with van der Waals surface area (Å²) in [5.74, 6) is 1.19. The number of para-hydroxylation sites is 1. The zero-order chi connectivity index (χ0) is 21.1. The smallest absolute Gasteiger partial charge is 0.246 e. The van der Waals surface area contributed by atoms with Crippen molar-refractivity contribution in [2.24, 2.45) is 0 Å². The Labute approximate surface area is 182 Å². The predicted molar refractivity (Wildman–Crippen MR) is 119 cm³/mol. The van der Waals surface area contributed by atoms with E-state index in [1.807, 2.05) is 47.8 Å². The van der Waals surface area contributed by atoms with Gasteiger partial charge in [-0.05, 0) is 30.3 Å². The summed E-state index contributed by atoms with van der Waals surface area (Å²) in [5.41, 5.74) is 2.33. The van der Waals surface area contributed by atoms with Gasteiger partial charge in [-0.15, -0.1) is 23.1 Å². The number of thiazole rings is 1. The van der Waals surface area contributed by atoms with Gasteiger partial charge in [0.25, 0.3) is 0 Å². The normalized spacial score (nSPS) is 13.0. The zero-order valence-electron chi connectivity index (χ0n) is 16.4. The van der Waals surface area contributed by atoms with Crippen LogP contribution in [0.5, 0.6) is 11.5 Å². The van der Waals surface area contributed by atoms with Gasteiger partial charge in [0.05, 0.1) is 31.4 Å². The molecule has 0 unspecified atom stereocenters. The van der Waals surface area contributed by atoms with Gasteiger partial charge in [0.2, 0.25) is 11.8 Å². The molecule has 0 atom stereocenters. The van der Waals surface area contributed by atoms with Crippen molar-refractivity contribution in [3.8, 4) is 22.8 Å². The van der Waals surface area contributed by atoms with E-state index in [0.717, 1.165) is 16.1 Å². The Bertz CT molecular complexity index is 1100. The molecule has 0 radical (unpaired) electrons. The Hall–Kier alpha value is -3.04. The molecule has 0 saturated heterocycles. The van der Waals surface area contributed by atoms with Crippen LogP contribution < -0.4 is 19.7 Å². The van der Waals surface area contributed by atoms with Crippen LogP contribution in [0.2, 0.25) is 0 Å². The molecule has 0 bridgehead atoms. The van der Waals surface area contributed by atoms with Crippen molar-refractivity contribution in [3.63, 3.8) is 0 Å². The number of nitrogens with one attached hydrogen (secondary N) is 1. The number of nitrogens with zero attached hydrogens (tertiary/aromatic N) is 2. The quantitative estimate of drug-likeness (QED) is 0.625. The third-order valence-electron chi connectivity index (χ3n) is 4.54. The number of benzene rings is 2. The zero-order valence-corrected chi connectivity index (χ0v) is 18.0. The maximum absolute atomic E-state index is 12.6. The molecule has 1 aromatic heterocycles. The number of carbonyl (C=O) groups excluding carboxylic acids is 2. The first-order valence-corrected chi connectivity index (χ1v) is 11.0. The minimum Gasteiger partial charge on any atom is -0.493 e. The van der Waals surface area contributed by atoms with E-state index in [0.29, 0.717) is 28.1 Å². The molecule has 9 heteroatoms. The molecule has 7 nitrogen and oxygen atoms in total. The summed E-state index contributed by atoms with van der Waals surface area (Å²) in [6.07, 6.45) is 0. The standard InChI is InChI=1S/C21H19N3O4S2/c1-27-16-8-7-13(9-17(16)28-2)14-11-30-21(22-14)23-19(25)10-24-15-5-3-4-6-18(15)29-12-20(24)26/h3-9,11H,10,12H2,1-2H3,(H,22,23,25). The first kappa shape index (κ1) is 20.2.